The fraction of sp³-hybridized carbons (Fsp3) is 0.545. The van der Waals surface area contributed by atoms with Crippen molar-refractivity contribution in [2.75, 3.05) is 20.1 Å². The third-order valence-corrected chi connectivity index (χ3v) is 2.88. The number of rotatable bonds is 1. The van der Waals surface area contributed by atoms with Gasteiger partial charge in [0.05, 0.1) is 0 Å². The van der Waals surface area contributed by atoms with Crippen LogP contribution in [0.5, 0.6) is 0 Å². The van der Waals surface area contributed by atoms with E-state index in [0.717, 1.165) is 5.92 Å². The Kier molecular flexibility index (Phi) is 2.31. The Balaban J connectivity index is 1.90. The summed E-state index contributed by atoms with van der Waals surface area (Å²) >= 11 is 0. The molecule has 0 saturated carbocycles. The van der Waals surface area contributed by atoms with E-state index < -0.39 is 0 Å². The summed E-state index contributed by atoms with van der Waals surface area (Å²) in [6, 6.07) is 0. The normalized spacial score (nSPS) is 26.2. The Bertz CT molecular complexity index is 207. The maximum Gasteiger partial charge on any atom is 0.00863 e. The van der Waals surface area contributed by atoms with Gasteiger partial charge in [-0.2, -0.15) is 0 Å². The quantitative estimate of drug-likeness (QED) is 0.570. The maximum absolute atomic E-state index is 2.42. The van der Waals surface area contributed by atoms with E-state index in [4.69, 9.17) is 0 Å². The molecule has 1 aliphatic carbocycles. The van der Waals surface area contributed by atoms with Crippen LogP contribution < -0.4 is 0 Å². The van der Waals surface area contributed by atoms with Crippen molar-refractivity contribution in [3.63, 3.8) is 0 Å². The predicted octanol–water partition coefficient (Wildman–Crippen LogP) is 2.03. The summed E-state index contributed by atoms with van der Waals surface area (Å²) < 4.78 is 0. The predicted molar refractivity (Wildman–Crippen MR) is 51.7 cm³/mol. The lowest BCUT2D eigenvalue weighted by Gasteiger charge is -2.29. The van der Waals surface area contributed by atoms with E-state index >= 15 is 0 Å². The van der Waals surface area contributed by atoms with Crippen LogP contribution in [0.25, 0.3) is 0 Å². The number of likely N-dealkylation sites (tertiary alicyclic amines) is 1. The molecule has 1 heterocycles. The van der Waals surface area contributed by atoms with Gasteiger partial charge >= 0.3 is 0 Å². The van der Waals surface area contributed by atoms with Gasteiger partial charge < -0.3 is 4.90 Å². The molecule has 1 radical (unpaired) electrons. The first kappa shape index (κ1) is 8.06. The van der Waals surface area contributed by atoms with Crippen molar-refractivity contribution in [2.24, 2.45) is 5.92 Å². The Morgan fingerprint density at radius 3 is 2.58 bits per heavy atom. The van der Waals surface area contributed by atoms with Gasteiger partial charge in [-0.3, -0.25) is 0 Å². The molecule has 0 aromatic carbocycles. The lowest BCUT2D eigenvalue weighted by molar-refractivity contribution is 0.239. The molecule has 1 aliphatic heterocycles. The van der Waals surface area contributed by atoms with Crippen molar-refractivity contribution >= 4 is 0 Å². The van der Waals surface area contributed by atoms with Crippen molar-refractivity contribution < 1.29 is 0 Å². The molecule has 0 atom stereocenters. The van der Waals surface area contributed by atoms with Crippen molar-refractivity contribution in [3.8, 4) is 0 Å². The van der Waals surface area contributed by atoms with Crippen molar-refractivity contribution in [2.45, 2.75) is 12.8 Å². The average molecular weight is 162 g/mol. The van der Waals surface area contributed by atoms with Crippen molar-refractivity contribution in [3.05, 3.63) is 30.2 Å². The zero-order chi connectivity index (χ0) is 8.39. The summed E-state index contributed by atoms with van der Waals surface area (Å²) in [6.45, 7) is 2.52. The molecule has 0 N–H and O–H groups in total. The number of nitrogens with zero attached hydrogens (tertiary/aromatic N) is 1. The van der Waals surface area contributed by atoms with Crippen LogP contribution in [-0.4, -0.2) is 25.0 Å². The lowest BCUT2D eigenvalue weighted by atomic mass is 9.89. The Hall–Kier alpha value is -0.560. The second-order valence-corrected chi connectivity index (χ2v) is 3.80. The second-order valence-electron chi connectivity index (χ2n) is 3.80. The highest BCUT2D eigenvalue weighted by molar-refractivity contribution is 5.35. The summed E-state index contributed by atoms with van der Waals surface area (Å²) in [4.78, 5) is 2.42. The molecule has 0 spiro atoms. The third kappa shape index (κ3) is 1.61. The molecule has 2 aliphatic rings. The van der Waals surface area contributed by atoms with Crippen LogP contribution in [0.3, 0.4) is 0 Å². The van der Waals surface area contributed by atoms with Crippen LogP contribution in [0.15, 0.2) is 23.8 Å². The summed E-state index contributed by atoms with van der Waals surface area (Å²) in [6.07, 6.45) is 11.5. The van der Waals surface area contributed by atoms with Gasteiger partial charge in [0.1, 0.15) is 0 Å². The Morgan fingerprint density at radius 2 is 2.00 bits per heavy atom. The first-order valence-electron chi connectivity index (χ1n) is 4.76. The molecule has 2 rings (SSSR count). The summed E-state index contributed by atoms with van der Waals surface area (Å²) in [5.74, 6) is 0.830. The van der Waals surface area contributed by atoms with Crippen LogP contribution in [0.1, 0.15) is 12.8 Å². The highest BCUT2D eigenvalue weighted by atomic mass is 15.1. The van der Waals surface area contributed by atoms with Gasteiger partial charge in [0.2, 0.25) is 0 Å². The molecule has 1 heteroatoms. The molecule has 0 amide bonds. The van der Waals surface area contributed by atoms with E-state index in [1.165, 1.54) is 25.9 Å². The topological polar surface area (TPSA) is 3.24 Å². The molecule has 0 bridgehead atoms. The van der Waals surface area contributed by atoms with Crippen molar-refractivity contribution in [1.82, 2.24) is 4.90 Å². The standard InChI is InChI=1S/C11H16N/c1-12-8-6-11(7-9-12)10-4-2-3-5-10/h2-5,11H,6-9H2,1H3. The summed E-state index contributed by atoms with van der Waals surface area (Å²) in [5, 5.41) is 0. The summed E-state index contributed by atoms with van der Waals surface area (Å²) in [5.41, 5.74) is 1.54. The SMILES string of the molecule is CN1CCC(C2=CC=C[CH]2)CC1. The van der Waals surface area contributed by atoms with Gasteiger partial charge in [-0.25, -0.2) is 0 Å². The van der Waals surface area contributed by atoms with E-state index in [2.05, 4.69) is 36.6 Å². The first-order valence-corrected chi connectivity index (χ1v) is 4.76. The monoisotopic (exact) mass is 162 g/mol. The molecule has 0 unspecified atom stereocenters. The average Bonchev–Trinajstić information content (AvgIpc) is 2.58. The minimum absolute atomic E-state index is 0.830. The molecular weight excluding hydrogens is 146 g/mol. The number of hydrogen-bond donors (Lipinski definition) is 0. The first-order chi connectivity index (χ1) is 5.86. The molecule has 1 saturated heterocycles. The Labute approximate surface area is 74.8 Å². The van der Waals surface area contributed by atoms with Gasteiger partial charge in [-0.05, 0) is 38.9 Å². The van der Waals surface area contributed by atoms with E-state index in [1.807, 2.05) is 0 Å². The number of piperidine rings is 1. The molecule has 1 nitrogen and oxygen atoms in total. The molecule has 12 heavy (non-hydrogen) atoms. The van der Waals surface area contributed by atoms with Crippen molar-refractivity contribution in [1.29, 1.82) is 0 Å². The smallest absolute Gasteiger partial charge is 0.00863 e. The van der Waals surface area contributed by atoms with E-state index in [0.29, 0.717) is 0 Å². The number of hydrogen-bond acceptors (Lipinski definition) is 1. The molecular formula is C11H16N. The highest BCUT2D eigenvalue weighted by Gasteiger charge is 2.20. The van der Waals surface area contributed by atoms with Gasteiger partial charge in [-0.15, -0.1) is 0 Å². The highest BCUT2D eigenvalue weighted by Crippen LogP contribution is 2.28. The minimum Gasteiger partial charge on any atom is -0.306 e. The zero-order valence-electron chi connectivity index (χ0n) is 7.66. The van der Waals surface area contributed by atoms with E-state index in [9.17, 15) is 0 Å². The molecule has 0 aromatic heterocycles. The van der Waals surface area contributed by atoms with Crippen LogP contribution in [0, 0.1) is 12.3 Å². The van der Waals surface area contributed by atoms with E-state index in [-0.39, 0.29) is 0 Å². The van der Waals surface area contributed by atoms with Gasteiger partial charge in [-0.1, -0.05) is 23.8 Å². The fourth-order valence-electron chi connectivity index (χ4n) is 2.00. The summed E-state index contributed by atoms with van der Waals surface area (Å²) in [7, 11) is 2.21. The Morgan fingerprint density at radius 1 is 1.25 bits per heavy atom. The molecule has 65 valence electrons. The minimum atomic E-state index is 0.830. The van der Waals surface area contributed by atoms with Gasteiger partial charge in [0.25, 0.3) is 0 Å². The van der Waals surface area contributed by atoms with Gasteiger partial charge in [0.15, 0.2) is 0 Å². The second kappa shape index (κ2) is 3.44. The van der Waals surface area contributed by atoms with Crippen LogP contribution >= 0.6 is 0 Å². The molecule has 1 fully saturated rings. The van der Waals surface area contributed by atoms with Crippen LogP contribution in [0.4, 0.5) is 0 Å². The van der Waals surface area contributed by atoms with E-state index in [1.54, 1.807) is 5.57 Å². The van der Waals surface area contributed by atoms with Crippen LogP contribution in [0.2, 0.25) is 0 Å². The number of allylic oxidation sites excluding steroid dienone is 4. The molecule has 0 aromatic rings. The maximum atomic E-state index is 2.42. The van der Waals surface area contributed by atoms with Gasteiger partial charge in [0, 0.05) is 6.42 Å². The largest absolute Gasteiger partial charge is 0.306 e. The van der Waals surface area contributed by atoms with Crippen LogP contribution in [-0.2, 0) is 0 Å². The lowest BCUT2D eigenvalue weighted by Crippen LogP contribution is -2.30. The zero-order valence-corrected chi connectivity index (χ0v) is 7.66. The fourth-order valence-corrected chi connectivity index (χ4v) is 2.00. The third-order valence-electron chi connectivity index (χ3n) is 2.88.